The molecule has 2 aromatic heterocycles. The Kier molecular flexibility index (Phi) is 3.29. The number of hydrogen-bond donors (Lipinski definition) is 1. The van der Waals surface area contributed by atoms with Gasteiger partial charge in [-0.3, -0.25) is 9.69 Å². The predicted octanol–water partition coefficient (Wildman–Crippen LogP) is 1.34. The summed E-state index contributed by atoms with van der Waals surface area (Å²) in [6.45, 7) is 3.85. The minimum absolute atomic E-state index is 0.155. The van der Waals surface area contributed by atoms with Crippen LogP contribution < -0.4 is 5.56 Å². The van der Waals surface area contributed by atoms with Gasteiger partial charge in [0, 0.05) is 12.1 Å². The van der Waals surface area contributed by atoms with Gasteiger partial charge in [-0.15, -0.1) is 10.2 Å². The first-order chi connectivity index (χ1) is 10.7. The second kappa shape index (κ2) is 5.31. The summed E-state index contributed by atoms with van der Waals surface area (Å²) in [4.78, 5) is 13.6. The smallest absolute Gasteiger partial charge is 0.264 e. The fourth-order valence-electron chi connectivity index (χ4n) is 3.40. The zero-order valence-electron chi connectivity index (χ0n) is 12.7. The van der Waals surface area contributed by atoms with E-state index >= 15 is 0 Å². The maximum absolute atomic E-state index is 11.2. The second-order valence-electron chi connectivity index (χ2n) is 6.24. The lowest BCUT2D eigenvalue weighted by Gasteiger charge is -2.23. The van der Waals surface area contributed by atoms with Gasteiger partial charge in [-0.2, -0.15) is 5.10 Å². The number of aromatic amines is 1. The van der Waals surface area contributed by atoms with E-state index in [1.54, 1.807) is 6.07 Å². The van der Waals surface area contributed by atoms with Gasteiger partial charge in [0.25, 0.3) is 5.56 Å². The summed E-state index contributed by atoms with van der Waals surface area (Å²) in [6, 6.07) is 4.23. The second-order valence-corrected chi connectivity index (χ2v) is 6.24. The molecule has 1 saturated carbocycles. The maximum Gasteiger partial charge on any atom is 0.264 e. The SMILES string of the molecule is Cc1nnc(CN2CCCC2c2ccc(=O)[nH]n2)n1C1CC1. The number of nitrogens with one attached hydrogen (secondary N) is 1. The quantitative estimate of drug-likeness (QED) is 0.921. The molecule has 0 bridgehead atoms. The number of likely N-dealkylation sites (tertiary alicyclic amines) is 1. The van der Waals surface area contributed by atoms with E-state index in [-0.39, 0.29) is 11.6 Å². The van der Waals surface area contributed by atoms with Crippen LogP contribution in [0.15, 0.2) is 16.9 Å². The molecule has 0 spiro atoms. The molecular weight excluding hydrogens is 280 g/mol. The van der Waals surface area contributed by atoms with E-state index in [1.165, 1.54) is 12.8 Å². The summed E-state index contributed by atoms with van der Waals surface area (Å²) >= 11 is 0. The van der Waals surface area contributed by atoms with Gasteiger partial charge in [0.1, 0.15) is 11.6 Å². The van der Waals surface area contributed by atoms with Crippen molar-refractivity contribution in [2.45, 2.75) is 51.2 Å². The van der Waals surface area contributed by atoms with Crippen molar-refractivity contribution in [3.05, 3.63) is 39.8 Å². The van der Waals surface area contributed by atoms with Crippen LogP contribution in [0.1, 0.15) is 55.1 Å². The average Bonchev–Trinajstić information content (AvgIpc) is 3.13. The van der Waals surface area contributed by atoms with E-state index in [2.05, 4.69) is 29.9 Å². The molecule has 3 heterocycles. The molecule has 116 valence electrons. The average molecular weight is 300 g/mol. The largest absolute Gasteiger partial charge is 0.311 e. The van der Waals surface area contributed by atoms with Crippen molar-refractivity contribution in [3.8, 4) is 0 Å². The summed E-state index contributed by atoms with van der Waals surface area (Å²) in [6.07, 6.45) is 4.67. The van der Waals surface area contributed by atoms with E-state index in [9.17, 15) is 4.79 Å². The van der Waals surface area contributed by atoms with Crippen molar-refractivity contribution >= 4 is 0 Å². The Bertz CT molecular complexity index is 711. The van der Waals surface area contributed by atoms with E-state index in [4.69, 9.17) is 0 Å². The lowest BCUT2D eigenvalue weighted by Crippen LogP contribution is -2.26. The first-order valence-corrected chi connectivity index (χ1v) is 7.92. The van der Waals surface area contributed by atoms with Gasteiger partial charge in [-0.05, 0) is 45.2 Å². The Labute approximate surface area is 128 Å². The summed E-state index contributed by atoms with van der Waals surface area (Å²) in [5.41, 5.74) is 0.781. The van der Waals surface area contributed by atoms with Crippen LogP contribution in [0.5, 0.6) is 0 Å². The third-order valence-corrected chi connectivity index (χ3v) is 4.60. The van der Waals surface area contributed by atoms with Crippen molar-refractivity contribution in [1.82, 2.24) is 29.9 Å². The summed E-state index contributed by atoms with van der Waals surface area (Å²) < 4.78 is 2.29. The van der Waals surface area contributed by atoms with Crippen LogP contribution in [-0.2, 0) is 6.54 Å². The number of nitrogens with zero attached hydrogens (tertiary/aromatic N) is 5. The van der Waals surface area contributed by atoms with Crippen LogP contribution in [0.3, 0.4) is 0 Å². The third-order valence-electron chi connectivity index (χ3n) is 4.60. The highest BCUT2D eigenvalue weighted by atomic mass is 16.1. The van der Waals surface area contributed by atoms with Crippen LogP contribution in [-0.4, -0.2) is 36.4 Å². The van der Waals surface area contributed by atoms with Crippen LogP contribution in [0.2, 0.25) is 0 Å². The van der Waals surface area contributed by atoms with Crippen molar-refractivity contribution in [2.75, 3.05) is 6.54 Å². The highest BCUT2D eigenvalue weighted by molar-refractivity contribution is 5.09. The molecular formula is C15H20N6O. The Morgan fingerprint density at radius 2 is 2.14 bits per heavy atom. The fourth-order valence-corrected chi connectivity index (χ4v) is 3.40. The minimum atomic E-state index is -0.155. The lowest BCUT2D eigenvalue weighted by atomic mass is 10.1. The minimum Gasteiger partial charge on any atom is -0.311 e. The van der Waals surface area contributed by atoms with Crippen LogP contribution in [0.4, 0.5) is 0 Å². The van der Waals surface area contributed by atoms with Crippen molar-refractivity contribution in [2.24, 2.45) is 0 Å². The van der Waals surface area contributed by atoms with E-state index in [0.29, 0.717) is 6.04 Å². The van der Waals surface area contributed by atoms with E-state index < -0.39 is 0 Å². The van der Waals surface area contributed by atoms with Gasteiger partial charge >= 0.3 is 0 Å². The molecule has 0 radical (unpaired) electrons. The monoisotopic (exact) mass is 300 g/mol. The molecule has 7 nitrogen and oxygen atoms in total. The van der Waals surface area contributed by atoms with Gasteiger partial charge in [-0.25, -0.2) is 5.10 Å². The van der Waals surface area contributed by atoms with Gasteiger partial charge in [-0.1, -0.05) is 0 Å². The maximum atomic E-state index is 11.2. The van der Waals surface area contributed by atoms with Gasteiger partial charge in [0.15, 0.2) is 0 Å². The first-order valence-electron chi connectivity index (χ1n) is 7.92. The molecule has 1 atom stereocenters. The first kappa shape index (κ1) is 13.6. The summed E-state index contributed by atoms with van der Waals surface area (Å²) in [7, 11) is 0. The zero-order valence-corrected chi connectivity index (χ0v) is 12.7. The van der Waals surface area contributed by atoms with Crippen LogP contribution in [0.25, 0.3) is 0 Å². The standard InChI is InChI=1S/C15H20N6O/c1-10-16-18-14(21(10)11-4-5-11)9-20-8-2-3-13(20)12-6-7-15(22)19-17-12/h6-7,11,13H,2-5,8-9H2,1H3,(H,19,22). The highest BCUT2D eigenvalue weighted by Crippen LogP contribution is 2.38. The molecule has 2 aromatic rings. The summed E-state index contributed by atoms with van der Waals surface area (Å²) in [5.74, 6) is 2.06. The Balaban J connectivity index is 1.57. The van der Waals surface area contributed by atoms with Crippen molar-refractivity contribution in [3.63, 3.8) is 0 Å². The van der Waals surface area contributed by atoms with E-state index in [1.807, 2.05) is 13.0 Å². The molecule has 2 fully saturated rings. The number of aromatic nitrogens is 5. The molecule has 1 aliphatic heterocycles. The molecule has 4 rings (SSSR count). The van der Waals surface area contributed by atoms with Crippen molar-refractivity contribution in [1.29, 1.82) is 0 Å². The van der Waals surface area contributed by atoms with Gasteiger partial charge in [0.05, 0.1) is 18.3 Å². The Morgan fingerprint density at radius 1 is 1.27 bits per heavy atom. The molecule has 0 aromatic carbocycles. The predicted molar refractivity (Wildman–Crippen MR) is 80.3 cm³/mol. The number of rotatable bonds is 4. The normalized spacial score (nSPS) is 22.3. The lowest BCUT2D eigenvalue weighted by molar-refractivity contribution is 0.233. The van der Waals surface area contributed by atoms with Crippen LogP contribution >= 0.6 is 0 Å². The highest BCUT2D eigenvalue weighted by Gasteiger charge is 2.32. The number of H-pyrrole nitrogens is 1. The number of aryl methyl sites for hydroxylation is 1. The molecule has 22 heavy (non-hydrogen) atoms. The molecule has 1 N–H and O–H groups in total. The Hall–Kier alpha value is -2.02. The summed E-state index contributed by atoms with van der Waals surface area (Å²) in [5, 5.41) is 15.4. The molecule has 1 aliphatic carbocycles. The topological polar surface area (TPSA) is 79.7 Å². The third kappa shape index (κ3) is 2.45. The molecule has 0 amide bonds. The zero-order chi connectivity index (χ0) is 15.1. The molecule has 2 aliphatic rings. The van der Waals surface area contributed by atoms with Gasteiger partial charge < -0.3 is 4.57 Å². The van der Waals surface area contributed by atoms with Crippen molar-refractivity contribution < 1.29 is 0 Å². The molecule has 7 heteroatoms. The molecule has 1 saturated heterocycles. The molecule has 1 unspecified atom stereocenters. The van der Waals surface area contributed by atoms with Gasteiger partial charge in [0.2, 0.25) is 0 Å². The fraction of sp³-hybridized carbons (Fsp3) is 0.600. The van der Waals surface area contributed by atoms with Crippen LogP contribution in [0, 0.1) is 6.92 Å². The Morgan fingerprint density at radius 3 is 2.86 bits per heavy atom. The van der Waals surface area contributed by atoms with E-state index in [0.717, 1.165) is 43.3 Å². The number of hydrogen-bond acceptors (Lipinski definition) is 5.